The van der Waals surface area contributed by atoms with Crippen LogP contribution in [-0.4, -0.2) is 30.5 Å². The van der Waals surface area contributed by atoms with Crippen molar-refractivity contribution in [2.24, 2.45) is 0 Å². The normalized spacial score (nSPS) is 17.2. The molecule has 0 aliphatic carbocycles. The van der Waals surface area contributed by atoms with Gasteiger partial charge in [-0.3, -0.25) is 0 Å². The maximum absolute atomic E-state index is 13.2. The van der Waals surface area contributed by atoms with Crippen molar-refractivity contribution in [2.45, 2.75) is 24.9 Å². The molecule has 1 N–H and O–H groups in total. The lowest BCUT2D eigenvalue weighted by Gasteiger charge is -2.45. The van der Waals surface area contributed by atoms with Gasteiger partial charge in [-0.2, -0.15) is 13.2 Å². The van der Waals surface area contributed by atoms with Gasteiger partial charge in [-0.15, -0.1) is 0 Å². The highest BCUT2D eigenvalue weighted by Gasteiger charge is 2.42. The van der Waals surface area contributed by atoms with E-state index in [0.717, 1.165) is 16.8 Å². The number of β-amino-alcohol motifs (C(OH)–C–C–N with tert-alkyl or cyclic N) is 1. The van der Waals surface area contributed by atoms with E-state index in [2.05, 4.69) is 4.90 Å². The summed E-state index contributed by atoms with van der Waals surface area (Å²) in [4.78, 5) is 3.75. The molecule has 3 aromatic carbocycles. The number of hydrogen-bond acceptors (Lipinski definition) is 3. The number of rotatable bonds is 5. The molecule has 3 aromatic rings. The third-order valence-electron chi connectivity index (χ3n) is 5.53. The number of anilines is 2. The number of nitrogens with zero attached hydrogens (tertiary/aromatic N) is 2. The van der Waals surface area contributed by atoms with Gasteiger partial charge in [0, 0.05) is 23.1 Å². The molecule has 32 heavy (non-hydrogen) atoms. The molecule has 3 nitrogen and oxygen atoms in total. The summed E-state index contributed by atoms with van der Waals surface area (Å²) < 4.78 is 39.7. The minimum absolute atomic E-state index is 0.391. The number of halogens is 5. The van der Waals surface area contributed by atoms with Gasteiger partial charge in [0.15, 0.2) is 6.10 Å². The van der Waals surface area contributed by atoms with Crippen LogP contribution in [0.1, 0.15) is 17.2 Å². The fourth-order valence-corrected chi connectivity index (χ4v) is 4.67. The van der Waals surface area contributed by atoms with Gasteiger partial charge in [0.05, 0.1) is 24.0 Å². The molecule has 0 saturated heterocycles. The summed E-state index contributed by atoms with van der Waals surface area (Å²) in [5.74, 6) is 0. The highest BCUT2D eigenvalue weighted by Crippen LogP contribution is 2.42. The Morgan fingerprint density at radius 2 is 1.50 bits per heavy atom. The Kier molecular flexibility index (Phi) is 6.56. The van der Waals surface area contributed by atoms with Gasteiger partial charge in [0.25, 0.3) is 0 Å². The van der Waals surface area contributed by atoms with Crippen LogP contribution in [-0.2, 0) is 6.54 Å². The summed E-state index contributed by atoms with van der Waals surface area (Å²) in [7, 11) is 0. The molecule has 8 heteroatoms. The Balaban J connectivity index is 1.76. The molecular weight excluding hydrogens is 460 g/mol. The van der Waals surface area contributed by atoms with Crippen LogP contribution in [0.2, 0.25) is 10.0 Å². The lowest BCUT2D eigenvalue weighted by atomic mass is 9.98. The summed E-state index contributed by atoms with van der Waals surface area (Å²) in [6.45, 7) is 0.350. The smallest absolute Gasteiger partial charge is 0.382 e. The first-order chi connectivity index (χ1) is 15.2. The number of aliphatic hydroxyl groups is 1. The molecule has 0 fully saturated rings. The van der Waals surface area contributed by atoms with E-state index in [9.17, 15) is 18.3 Å². The van der Waals surface area contributed by atoms with E-state index in [1.807, 2.05) is 54.6 Å². The van der Waals surface area contributed by atoms with Crippen molar-refractivity contribution in [2.75, 3.05) is 22.9 Å². The number of benzene rings is 3. The molecular formula is C24H21Cl2F3N2O. The summed E-state index contributed by atoms with van der Waals surface area (Å²) in [5.41, 5.74) is 3.17. The van der Waals surface area contributed by atoms with Crippen molar-refractivity contribution in [3.05, 3.63) is 94.0 Å². The van der Waals surface area contributed by atoms with Crippen LogP contribution in [0.4, 0.5) is 24.5 Å². The predicted molar refractivity (Wildman–Crippen MR) is 123 cm³/mol. The largest absolute Gasteiger partial charge is 0.416 e. The maximum Gasteiger partial charge on any atom is 0.416 e. The van der Waals surface area contributed by atoms with Crippen molar-refractivity contribution < 1.29 is 18.3 Å². The van der Waals surface area contributed by atoms with E-state index in [4.69, 9.17) is 23.2 Å². The zero-order valence-corrected chi connectivity index (χ0v) is 18.4. The van der Waals surface area contributed by atoms with E-state index in [-0.39, 0.29) is 0 Å². The zero-order chi connectivity index (χ0) is 22.9. The third-order valence-corrected chi connectivity index (χ3v) is 5.97. The molecule has 0 saturated carbocycles. The molecule has 1 heterocycles. The zero-order valence-electron chi connectivity index (χ0n) is 16.9. The summed E-state index contributed by atoms with van der Waals surface area (Å²) >= 11 is 12.3. The molecule has 4 rings (SSSR count). The Morgan fingerprint density at radius 1 is 0.906 bits per heavy atom. The van der Waals surface area contributed by atoms with Crippen LogP contribution in [0.5, 0.6) is 0 Å². The van der Waals surface area contributed by atoms with Crippen LogP contribution in [0.3, 0.4) is 0 Å². The monoisotopic (exact) mass is 480 g/mol. The van der Waals surface area contributed by atoms with Crippen LogP contribution in [0.15, 0.2) is 72.8 Å². The van der Waals surface area contributed by atoms with Crippen molar-refractivity contribution in [3.63, 3.8) is 0 Å². The van der Waals surface area contributed by atoms with E-state index < -0.39 is 24.9 Å². The number of para-hydroxylation sites is 2. The van der Waals surface area contributed by atoms with Crippen molar-refractivity contribution in [1.29, 1.82) is 0 Å². The SMILES string of the molecule is O[C@H](CN1c2ccccc2N(Cc2cc(Cl)cc(Cl)c2)C[C@H]1c1ccccc1)C(F)(F)F. The number of hydrogen-bond donors (Lipinski definition) is 1. The fourth-order valence-electron chi connectivity index (χ4n) is 4.10. The van der Waals surface area contributed by atoms with E-state index in [1.165, 1.54) is 0 Å². The van der Waals surface area contributed by atoms with Crippen LogP contribution < -0.4 is 9.80 Å². The maximum atomic E-state index is 13.2. The van der Waals surface area contributed by atoms with Gasteiger partial charge in [-0.25, -0.2) is 0 Å². The van der Waals surface area contributed by atoms with Gasteiger partial charge in [0.2, 0.25) is 0 Å². The summed E-state index contributed by atoms with van der Waals surface area (Å²) in [6.07, 6.45) is -7.16. The Hall–Kier alpha value is -2.41. The average molecular weight is 481 g/mol. The van der Waals surface area contributed by atoms with Gasteiger partial charge >= 0.3 is 6.18 Å². The third kappa shape index (κ3) is 4.98. The van der Waals surface area contributed by atoms with E-state index >= 15 is 0 Å². The van der Waals surface area contributed by atoms with Crippen LogP contribution in [0, 0.1) is 0 Å². The van der Waals surface area contributed by atoms with Gasteiger partial charge in [-0.1, -0.05) is 65.7 Å². The highest BCUT2D eigenvalue weighted by atomic mass is 35.5. The molecule has 0 bridgehead atoms. The fraction of sp³-hybridized carbons (Fsp3) is 0.250. The molecule has 1 aliphatic heterocycles. The van der Waals surface area contributed by atoms with Crippen molar-refractivity contribution in [3.8, 4) is 0 Å². The topological polar surface area (TPSA) is 26.7 Å². The Morgan fingerprint density at radius 3 is 2.12 bits per heavy atom. The molecule has 0 radical (unpaired) electrons. The van der Waals surface area contributed by atoms with Crippen molar-refractivity contribution in [1.82, 2.24) is 0 Å². The second-order valence-corrected chi connectivity index (χ2v) is 8.66. The molecule has 0 spiro atoms. The first kappa shape index (κ1) is 22.8. The van der Waals surface area contributed by atoms with E-state index in [1.54, 1.807) is 23.1 Å². The first-order valence-corrected chi connectivity index (χ1v) is 10.8. The van der Waals surface area contributed by atoms with Gasteiger partial charge in [-0.05, 0) is 41.5 Å². The standard InChI is InChI=1S/C24H21Cl2F3N2O/c25-18-10-16(11-19(26)12-18)13-30-14-22(17-6-2-1-3-7-17)31(15-23(32)24(27,28)29)21-9-5-4-8-20(21)30/h1-12,22-23,32H,13-15H2/t22-,23+/m0/s1. The second kappa shape index (κ2) is 9.22. The average Bonchev–Trinajstić information content (AvgIpc) is 2.74. The molecule has 2 atom stereocenters. The number of aliphatic hydroxyl groups excluding tert-OH is 1. The van der Waals surface area contributed by atoms with E-state index in [0.29, 0.717) is 28.8 Å². The van der Waals surface area contributed by atoms with Crippen molar-refractivity contribution >= 4 is 34.6 Å². The summed E-state index contributed by atoms with van der Waals surface area (Å²) in [5, 5.41) is 10.9. The van der Waals surface area contributed by atoms with Gasteiger partial charge < -0.3 is 14.9 Å². The molecule has 0 unspecified atom stereocenters. The number of fused-ring (bicyclic) bond motifs is 1. The molecule has 0 amide bonds. The van der Waals surface area contributed by atoms with Gasteiger partial charge in [0.1, 0.15) is 0 Å². The Labute approximate surface area is 194 Å². The first-order valence-electron chi connectivity index (χ1n) is 10.1. The minimum atomic E-state index is -4.70. The number of alkyl halides is 3. The second-order valence-electron chi connectivity index (χ2n) is 7.78. The molecule has 1 aliphatic rings. The lowest BCUT2D eigenvalue weighted by Crippen LogP contribution is -2.49. The minimum Gasteiger partial charge on any atom is -0.382 e. The molecule has 0 aromatic heterocycles. The summed E-state index contributed by atoms with van der Waals surface area (Å²) in [6, 6.07) is 21.6. The lowest BCUT2D eigenvalue weighted by molar-refractivity contribution is -0.200. The van der Waals surface area contributed by atoms with Crippen LogP contribution in [0.25, 0.3) is 0 Å². The van der Waals surface area contributed by atoms with Crippen LogP contribution >= 0.6 is 23.2 Å². The quantitative estimate of drug-likeness (QED) is 0.452. The molecule has 168 valence electrons. The Bertz CT molecular complexity index is 1060. The predicted octanol–water partition coefficient (Wildman–Crippen LogP) is 6.48. The highest BCUT2D eigenvalue weighted by molar-refractivity contribution is 6.34.